The van der Waals surface area contributed by atoms with Gasteiger partial charge in [-0.3, -0.25) is 9.88 Å². The number of nitrogens with one attached hydrogen (secondary N) is 1. The molecular weight excluding hydrogens is 238 g/mol. The summed E-state index contributed by atoms with van der Waals surface area (Å²) in [5, 5.41) is 3.55. The van der Waals surface area contributed by atoms with Crippen molar-refractivity contribution < 1.29 is 4.74 Å². The van der Waals surface area contributed by atoms with E-state index in [0.29, 0.717) is 18.2 Å². The van der Waals surface area contributed by atoms with E-state index >= 15 is 0 Å². The van der Waals surface area contributed by atoms with Gasteiger partial charge in [0.05, 0.1) is 12.7 Å². The van der Waals surface area contributed by atoms with Crippen molar-refractivity contribution in [3.8, 4) is 0 Å². The summed E-state index contributed by atoms with van der Waals surface area (Å²) in [5.41, 5.74) is 1.27. The fourth-order valence-corrected chi connectivity index (χ4v) is 2.41. The molecule has 2 rings (SSSR count). The van der Waals surface area contributed by atoms with Crippen molar-refractivity contribution in [2.75, 3.05) is 26.2 Å². The SMILES string of the molecule is CC(NCC1CN(C(C)C)CCO1)c1ccncc1. The molecule has 0 spiro atoms. The van der Waals surface area contributed by atoms with Gasteiger partial charge in [0.15, 0.2) is 0 Å². The van der Waals surface area contributed by atoms with Crippen LogP contribution < -0.4 is 5.32 Å². The molecule has 0 amide bonds. The van der Waals surface area contributed by atoms with Crippen molar-refractivity contribution in [2.24, 2.45) is 0 Å². The molecule has 4 heteroatoms. The average molecular weight is 263 g/mol. The lowest BCUT2D eigenvalue weighted by molar-refractivity contribution is -0.0379. The molecule has 1 aliphatic rings. The van der Waals surface area contributed by atoms with Gasteiger partial charge >= 0.3 is 0 Å². The van der Waals surface area contributed by atoms with Gasteiger partial charge in [0.1, 0.15) is 0 Å². The lowest BCUT2D eigenvalue weighted by Crippen LogP contribution is -2.49. The molecule has 4 nitrogen and oxygen atoms in total. The molecule has 2 atom stereocenters. The summed E-state index contributed by atoms with van der Waals surface area (Å²) < 4.78 is 5.83. The van der Waals surface area contributed by atoms with Crippen LogP contribution >= 0.6 is 0 Å². The van der Waals surface area contributed by atoms with Crippen LogP contribution in [0.5, 0.6) is 0 Å². The number of ether oxygens (including phenoxy) is 1. The third-order valence-corrected chi connectivity index (χ3v) is 3.76. The van der Waals surface area contributed by atoms with E-state index in [-0.39, 0.29) is 0 Å². The highest BCUT2D eigenvalue weighted by molar-refractivity contribution is 5.13. The summed E-state index contributed by atoms with van der Waals surface area (Å²) in [5.74, 6) is 0. The highest BCUT2D eigenvalue weighted by Gasteiger charge is 2.22. The molecule has 0 saturated carbocycles. The van der Waals surface area contributed by atoms with Crippen molar-refractivity contribution in [2.45, 2.75) is 39.0 Å². The monoisotopic (exact) mass is 263 g/mol. The second kappa shape index (κ2) is 6.98. The predicted molar refractivity (Wildman–Crippen MR) is 77.1 cm³/mol. The maximum absolute atomic E-state index is 5.83. The van der Waals surface area contributed by atoms with Crippen LogP contribution in [0.4, 0.5) is 0 Å². The van der Waals surface area contributed by atoms with Crippen LogP contribution in [-0.2, 0) is 4.74 Å². The standard InChI is InChI=1S/C15H25N3O/c1-12(2)18-8-9-19-15(11-18)10-17-13(3)14-4-6-16-7-5-14/h4-7,12-13,15,17H,8-11H2,1-3H3. The molecular formula is C15H25N3O. The van der Waals surface area contributed by atoms with E-state index in [4.69, 9.17) is 4.74 Å². The largest absolute Gasteiger partial charge is 0.374 e. The summed E-state index contributed by atoms with van der Waals surface area (Å²) in [4.78, 5) is 6.53. The normalized spacial score (nSPS) is 22.6. The maximum atomic E-state index is 5.83. The second-order valence-electron chi connectivity index (χ2n) is 5.49. The molecule has 19 heavy (non-hydrogen) atoms. The molecule has 0 bridgehead atoms. The van der Waals surface area contributed by atoms with Gasteiger partial charge in [-0.1, -0.05) is 0 Å². The van der Waals surface area contributed by atoms with Crippen LogP contribution in [-0.4, -0.2) is 48.3 Å². The summed E-state index contributed by atoms with van der Waals surface area (Å²) in [7, 11) is 0. The number of rotatable bonds is 5. The predicted octanol–water partition coefficient (Wildman–Crippen LogP) is 1.84. The van der Waals surface area contributed by atoms with E-state index in [1.165, 1.54) is 5.56 Å². The highest BCUT2D eigenvalue weighted by Crippen LogP contribution is 2.12. The van der Waals surface area contributed by atoms with Gasteiger partial charge in [-0.05, 0) is 38.5 Å². The van der Waals surface area contributed by atoms with Gasteiger partial charge < -0.3 is 10.1 Å². The van der Waals surface area contributed by atoms with Gasteiger partial charge in [-0.15, -0.1) is 0 Å². The Kier molecular flexibility index (Phi) is 5.31. The lowest BCUT2D eigenvalue weighted by atomic mass is 10.1. The number of hydrogen-bond acceptors (Lipinski definition) is 4. The molecule has 1 fully saturated rings. The molecule has 1 N–H and O–H groups in total. The summed E-state index contributed by atoms with van der Waals surface area (Å²) in [6.07, 6.45) is 3.97. The van der Waals surface area contributed by atoms with Crippen LogP contribution in [0.15, 0.2) is 24.5 Å². The van der Waals surface area contributed by atoms with Crippen molar-refractivity contribution in [3.05, 3.63) is 30.1 Å². The Balaban J connectivity index is 1.79. The molecule has 1 aromatic rings. The van der Waals surface area contributed by atoms with E-state index in [0.717, 1.165) is 26.2 Å². The zero-order chi connectivity index (χ0) is 13.7. The van der Waals surface area contributed by atoms with Gasteiger partial charge in [0.2, 0.25) is 0 Å². The number of hydrogen-bond donors (Lipinski definition) is 1. The van der Waals surface area contributed by atoms with Crippen molar-refractivity contribution in [3.63, 3.8) is 0 Å². The van der Waals surface area contributed by atoms with Gasteiger partial charge in [-0.25, -0.2) is 0 Å². The van der Waals surface area contributed by atoms with Crippen molar-refractivity contribution >= 4 is 0 Å². The molecule has 1 aliphatic heterocycles. The first-order chi connectivity index (χ1) is 9.16. The third kappa shape index (κ3) is 4.27. The average Bonchev–Trinajstić information content (AvgIpc) is 2.46. The Morgan fingerprint density at radius 2 is 2.11 bits per heavy atom. The molecule has 0 aromatic carbocycles. The number of aromatic nitrogens is 1. The fraction of sp³-hybridized carbons (Fsp3) is 0.667. The summed E-state index contributed by atoms with van der Waals surface area (Å²) in [6.45, 7) is 10.5. The molecule has 106 valence electrons. The Bertz CT molecular complexity index is 369. The lowest BCUT2D eigenvalue weighted by Gasteiger charge is -2.36. The Morgan fingerprint density at radius 1 is 1.37 bits per heavy atom. The molecule has 1 aromatic heterocycles. The molecule has 2 unspecified atom stereocenters. The van der Waals surface area contributed by atoms with E-state index < -0.39 is 0 Å². The van der Waals surface area contributed by atoms with Crippen LogP contribution in [0.25, 0.3) is 0 Å². The van der Waals surface area contributed by atoms with E-state index in [1.807, 2.05) is 12.4 Å². The number of morpholine rings is 1. The first-order valence-corrected chi connectivity index (χ1v) is 7.15. The fourth-order valence-electron chi connectivity index (χ4n) is 2.41. The summed E-state index contributed by atoms with van der Waals surface area (Å²) in [6, 6.07) is 5.05. The van der Waals surface area contributed by atoms with Gasteiger partial charge in [0, 0.05) is 44.1 Å². The maximum Gasteiger partial charge on any atom is 0.0827 e. The Hall–Kier alpha value is -0.970. The quantitative estimate of drug-likeness (QED) is 0.879. The zero-order valence-corrected chi connectivity index (χ0v) is 12.2. The van der Waals surface area contributed by atoms with E-state index in [1.54, 1.807) is 0 Å². The van der Waals surface area contributed by atoms with Crippen molar-refractivity contribution in [1.82, 2.24) is 15.2 Å². The Labute approximate surface area is 116 Å². The van der Waals surface area contributed by atoms with Crippen LogP contribution in [0.2, 0.25) is 0 Å². The molecule has 0 aliphatic carbocycles. The number of nitrogens with zero attached hydrogens (tertiary/aromatic N) is 2. The highest BCUT2D eigenvalue weighted by atomic mass is 16.5. The van der Waals surface area contributed by atoms with Crippen molar-refractivity contribution in [1.29, 1.82) is 0 Å². The van der Waals surface area contributed by atoms with Crippen LogP contribution in [0.1, 0.15) is 32.4 Å². The minimum atomic E-state index is 0.292. The first kappa shape index (κ1) is 14.4. The Morgan fingerprint density at radius 3 is 2.79 bits per heavy atom. The van der Waals surface area contributed by atoms with Crippen LogP contribution in [0.3, 0.4) is 0 Å². The number of pyridine rings is 1. The molecule has 2 heterocycles. The second-order valence-corrected chi connectivity index (χ2v) is 5.49. The van der Waals surface area contributed by atoms with Gasteiger partial charge in [0.25, 0.3) is 0 Å². The topological polar surface area (TPSA) is 37.4 Å². The minimum absolute atomic E-state index is 0.292. The van der Waals surface area contributed by atoms with E-state index in [9.17, 15) is 0 Å². The molecule has 0 radical (unpaired) electrons. The summed E-state index contributed by atoms with van der Waals surface area (Å²) >= 11 is 0. The smallest absolute Gasteiger partial charge is 0.0827 e. The van der Waals surface area contributed by atoms with Crippen LogP contribution in [0, 0.1) is 0 Å². The minimum Gasteiger partial charge on any atom is -0.374 e. The molecule has 1 saturated heterocycles. The zero-order valence-electron chi connectivity index (χ0n) is 12.2. The third-order valence-electron chi connectivity index (χ3n) is 3.76. The van der Waals surface area contributed by atoms with Gasteiger partial charge in [-0.2, -0.15) is 0 Å². The first-order valence-electron chi connectivity index (χ1n) is 7.15. The van der Waals surface area contributed by atoms with E-state index in [2.05, 4.69) is 48.1 Å².